The van der Waals surface area contributed by atoms with Crippen molar-refractivity contribution < 1.29 is 37.7 Å². The summed E-state index contributed by atoms with van der Waals surface area (Å²) >= 11 is 0. The molecular formula is C24H26F2N2O6. The molecule has 182 valence electrons. The van der Waals surface area contributed by atoms with E-state index in [1.54, 1.807) is 0 Å². The van der Waals surface area contributed by atoms with Gasteiger partial charge in [0.25, 0.3) is 0 Å². The summed E-state index contributed by atoms with van der Waals surface area (Å²) in [6.45, 7) is 1.47. The number of amides is 2. The van der Waals surface area contributed by atoms with Gasteiger partial charge in [-0.15, -0.1) is 0 Å². The molecule has 0 heterocycles. The molecule has 2 amide bonds. The number of rotatable bonds is 10. The normalized spacial score (nSPS) is 15.1. The maximum Gasteiger partial charge on any atom is 0.407 e. The van der Waals surface area contributed by atoms with Gasteiger partial charge in [0.15, 0.2) is 0 Å². The smallest absolute Gasteiger partial charge is 0.407 e. The van der Waals surface area contributed by atoms with E-state index in [-0.39, 0.29) is 12.5 Å². The number of alkyl carbamates (subject to hydrolysis) is 1. The molecule has 3 rings (SSSR count). The number of benzene rings is 2. The molecule has 0 fully saturated rings. The van der Waals surface area contributed by atoms with Gasteiger partial charge in [-0.1, -0.05) is 48.5 Å². The lowest BCUT2D eigenvalue weighted by molar-refractivity contribution is -0.143. The Balaban J connectivity index is 1.68. The number of halogens is 2. The number of alkyl halides is 2. The number of nitrogens with one attached hydrogen (secondary N) is 2. The van der Waals surface area contributed by atoms with Crippen LogP contribution in [0.15, 0.2) is 48.5 Å². The van der Waals surface area contributed by atoms with Crippen molar-refractivity contribution in [2.24, 2.45) is 0 Å². The highest BCUT2D eigenvalue weighted by Gasteiger charge is 2.33. The van der Waals surface area contributed by atoms with Crippen molar-refractivity contribution in [1.29, 1.82) is 0 Å². The van der Waals surface area contributed by atoms with Gasteiger partial charge < -0.3 is 25.2 Å². The number of carbonyl (C=O) groups excluding carboxylic acids is 2. The molecular weight excluding hydrogens is 450 g/mol. The number of hydrogen-bond donors (Lipinski definition) is 3. The summed E-state index contributed by atoms with van der Waals surface area (Å²) in [5, 5.41) is 13.5. The average molecular weight is 476 g/mol. The van der Waals surface area contributed by atoms with Crippen LogP contribution in [0, 0.1) is 0 Å². The van der Waals surface area contributed by atoms with Gasteiger partial charge in [-0.2, -0.15) is 0 Å². The number of carboxylic acids is 1. The molecule has 1 unspecified atom stereocenters. The van der Waals surface area contributed by atoms with Crippen LogP contribution in [0.4, 0.5) is 13.6 Å². The molecule has 8 nitrogen and oxygen atoms in total. The standard InChI is InChI=1S/C24H26F2N2O6/c1-13(33-2)21(22(29)27-19(23(30)31)11-20(25)26)28-24(32)34-12-18-16-9-5-3-7-14(16)15-8-4-6-10-17(15)18/h3-10,13,18-21H,11-12H2,1-2H3,(H,27,29)(H,28,32)(H,30,31)/t13-,19?,21+/m1/s1. The topological polar surface area (TPSA) is 114 Å². The van der Waals surface area contributed by atoms with Crippen molar-refractivity contribution in [1.82, 2.24) is 10.6 Å². The minimum atomic E-state index is -2.94. The molecule has 10 heteroatoms. The number of carboxylic acid groups (broad SMARTS) is 1. The molecule has 34 heavy (non-hydrogen) atoms. The van der Waals surface area contributed by atoms with Crippen molar-refractivity contribution in [3.63, 3.8) is 0 Å². The van der Waals surface area contributed by atoms with Crippen LogP contribution in [0.5, 0.6) is 0 Å². The molecule has 3 N–H and O–H groups in total. The van der Waals surface area contributed by atoms with Gasteiger partial charge in [-0.3, -0.25) is 4.79 Å². The number of methoxy groups -OCH3 is 1. The second-order valence-electron chi connectivity index (χ2n) is 7.91. The van der Waals surface area contributed by atoms with Crippen LogP contribution in [-0.2, 0) is 19.1 Å². The summed E-state index contributed by atoms with van der Waals surface area (Å²) in [5.74, 6) is -2.79. The summed E-state index contributed by atoms with van der Waals surface area (Å²) in [4.78, 5) is 36.4. The molecule has 1 aliphatic carbocycles. The zero-order chi connectivity index (χ0) is 24.8. The molecule has 0 radical (unpaired) electrons. The fourth-order valence-electron chi connectivity index (χ4n) is 3.96. The zero-order valence-corrected chi connectivity index (χ0v) is 18.7. The second-order valence-corrected chi connectivity index (χ2v) is 7.91. The van der Waals surface area contributed by atoms with E-state index in [2.05, 4.69) is 5.32 Å². The predicted octanol–water partition coefficient (Wildman–Crippen LogP) is 3.15. The summed E-state index contributed by atoms with van der Waals surface area (Å²) in [7, 11) is 1.29. The van der Waals surface area contributed by atoms with Gasteiger partial charge in [0.1, 0.15) is 18.7 Å². The van der Waals surface area contributed by atoms with E-state index in [0.29, 0.717) is 0 Å². The summed E-state index contributed by atoms with van der Waals surface area (Å²) in [6.07, 6.45) is -5.82. The van der Waals surface area contributed by atoms with E-state index in [0.717, 1.165) is 22.3 Å². The maximum atomic E-state index is 12.7. The fraction of sp³-hybridized carbons (Fsp3) is 0.375. The highest BCUT2D eigenvalue weighted by molar-refractivity contribution is 5.89. The minimum Gasteiger partial charge on any atom is -0.480 e. The molecule has 2 aromatic carbocycles. The average Bonchev–Trinajstić information content (AvgIpc) is 3.13. The highest BCUT2D eigenvalue weighted by Crippen LogP contribution is 2.44. The van der Waals surface area contributed by atoms with Crippen molar-refractivity contribution in [2.75, 3.05) is 13.7 Å². The van der Waals surface area contributed by atoms with Crippen molar-refractivity contribution in [3.8, 4) is 11.1 Å². The van der Waals surface area contributed by atoms with Crippen LogP contribution in [0.2, 0.25) is 0 Å². The second kappa shape index (κ2) is 11.1. The van der Waals surface area contributed by atoms with Crippen LogP contribution in [0.25, 0.3) is 11.1 Å². The van der Waals surface area contributed by atoms with Gasteiger partial charge in [0.05, 0.1) is 6.10 Å². The van der Waals surface area contributed by atoms with Gasteiger partial charge in [0.2, 0.25) is 12.3 Å². The lowest BCUT2D eigenvalue weighted by Crippen LogP contribution is -2.56. The Bertz CT molecular complexity index is 1000. The van der Waals surface area contributed by atoms with Crippen LogP contribution in [0.3, 0.4) is 0 Å². The molecule has 0 aromatic heterocycles. The largest absolute Gasteiger partial charge is 0.480 e. The molecule has 0 bridgehead atoms. The van der Waals surface area contributed by atoms with E-state index in [1.165, 1.54) is 14.0 Å². The molecule has 0 saturated carbocycles. The summed E-state index contributed by atoms with van der Waals surface area (Å²) < 4.78 is 35.8. The Morgan fingerprint density at radius 3 is 2.06 bits per heavy atom. The van der Waals surface area contributed by atoms with Crippen LogP contribution in [0.1, 0.15) is 30.4 Å². The van der Waals surface area contributed by atoms with E-state index >= 15 is 0 Å². The highest BCUT2D eigenvalue weighted by atomic mass is 19.3. The lowest BCUT2D eigenvalue weighted by atomic mass is 9.98. The molecule has 1 aliphatic rings. The molecule has 0 aliphatic heterocycles. The van der Waals surface area contributed by atoms with Gasteiger partial charge >= 0.3 is 12.1 Å². The van der Waals surface area contributed by atoms with E-state index in [9.17, 15) is 23.2 Å². The van der Waals surface area contributed by atoms with E-state index in [1.807, 2.05) is 53.8 Å². The molecule has 0 spiro atoms. The minimum absolute atomic E-state index is 0.00129. The summed E-state index contributed by atoms with van der Waals surface area (Å²) in [5.41, 5.74) is 4.12. The third-order valence-corrected chi connectivity index (χ3v) is 5.77. The Morgan fingerprint density at radius 2 is 1.56 bits per heavy atom. The van der Waals surface area contributed by atoms with Crippen molar-refractivity contribution in [2.45, 2.75) is 43.9 Å². The Labute approximate surface area is 195 Å². The van der Waals surface area contributed by atoms with Gasteiger partial charge in [-0.25, -0.2) is 18.4 Å². The van der Waals surface area contributed by atoms with Crippen molar-refractivity contribution >= 4 is 18.0 Å². The van der Waals surface area contributed by atoms with E-state index in [4.69, 9.17) is 14.6 Å². The Morgan fingerprint density at radius 1 is 1.00 bits per heavy atom. The summed E-state index contributed by atoms with van der Waals surface area (Å²) in [6, 6.07) is 12.4. The first-order valence-corrected chi connectivity index (χ1v) is 10.7. The van der Waals surface area contributed by atoms with E-state index < -0.39 is 49.0 Å². The number of fused-ring (bicyclic) bond motifs is 3. The monoisotopic (exact) mass is 476 g/mol. The van der Waals surface area contributed by atoms with Crippen molar-refractivity contribution in [3.05, 3.63) is 59.7 Å². The fourth-order valence-corrected chi connectivity index (χ4v) is 3.96. The van der Waals surface area contributed by atoms with Crippen LogP contribution >= 0.6 is 0 Å². The molecule has 3 atom stereocenters. The number of ether oxygens (including phenoxy) is 2. The molecule has 2 aromatic rings. The Kier molecular flexibility index (Phi) is 8.17. The van der Waals surface area contributed by atoms with Gasteiger partial charge in [0, 0.05) is 19.4 Å². The van der Waals surface area contributed by atoms with Crippen LogP contribution < -0.4 is 10.6 Å². The first-order valence-electron chi connectivity index (χ1n) is 10.7. The predicted molar refractivity (Wildman–Crippen MR) is 119 cm³/mol. The third-order valence-electron chi connectivity index (χ3n) is 5.77. The number of hydrogen-bond acceptors (Lipinski definition) is 5. The lowest BCUT2D eigenvalue weighted by Gasteiger charge is -2.25. The van der Waals surface area contributed by atoms with Crippen LogP contribution in [-0.4, -0.2) is 61.4 Å². The SMILES string of the molecule is CO[C@H](C)[C@H](NC(=O)OCC1c2ccccc2-c2ccccc21)C(=O)NC(CC(F)F)C(=O)O. The maximum absolute atomic E-state index is 12.7. The third kappa shape index (κ3) is 5.69. The Hall–Kier alpha value is -3.53. The first kappa shape index (κ1) is 25.1. The zero-order valence-electron chi connectivity index (χ0n) is 18.7. The molecule has 0 saturated heterocycles. The first-order chi connectivity index (χ1) is 16.2. The van der Waals surface area contributed by atoms with Gasteiger partial charge in [-0.05, 0) is 29.2 Å². The number of aliphatic carboxylic acids is 1. The number of carbonyl (C=O) groups is 3. The quantitative estimate of drug-likeness (QED) is 0.486.